The first kappa shape index (κ1) is 24.3. The number of fused-ring (bicyclic) bond motifs is 1. The fourth-order valence-corrected chi connectivity index (χ4v) is 4.71. The van der Waals surface area contributed by atoms with Gasteiger partial charge in [-0.1, -0.05) is 66.2 Å². The van der Waals surface area contributed by atoms with Gasteiger partial charge >= 0.3 is 5.97 Å². The molecule has 1 aromatic carbocycles. The van der Waals surface area contributed by atoms with Crippen LogP contribution < -0.4 is 5.32 Å². The van der Waals surface area contributed by atoms with Crippen LogP contribution in [-0.4, -0.2) is 32.6 Å². The number of rotatable bonds is 10. The third-order valence-corrected chi connectivity index (χ3v) is 6.79. The van der Waals surface area contributed by atoms with Crippen LogP contribution in [0, 0.1) is 17.8 Å². The van der Waals surface area contributed by atoms with E-state index in [4.69, 9.17) is 4.98 Å². The van der Waals surface area contributed by atoms with Crippen LogP contribution >= 0.6 is 0 Å². The summed E-state index contributed by atoms with van der Waals surface area (Å²) in [7, 11) is 0. The van der Waals surface area contributed by atoms with Crippen molar-refractivity contribution >= 4 is 22.9 Å². The molecular weight excluding hydrogens is 402 g/mol. The molecule has 1 aromatic heterocycles. The molecule has 2 N–H and O–H groups in total. The second kappa shape index (κ2) is 11.0. The summed E-state index contributed by atoms with van der Waals surface area (Å²) in [5.74, 6) is 1.18. The van der Waals surface area contributed by atoms with Crippen molar-refractivity contribution in [2.45, 2.75) is 91.6 Å². The molecule has 1 saturated carbocycles. The number of nitrogens with one attached hydrogen (secondary N) is 1. The Labute approximate surface area is 191 Å². The average molecular weight is 442 g/mol. The molecule has 6 heteroatoms. The Morgan fingerprint density at radius 3 is 2.53 bits per heavy atom. The van der Waals surface area contributed by atoms with Gasteiger partial charge in [-0.15, -0.1) is 0 Å². The fraction of sp³-hybridized carbons (Fsp3) is 0.654. The molecule has 3 rings (SSSR count). The minimum atomic E-state index is -0.999. The number of hydrogen-bond donors (Lipinski definition) is 2. The molecule has 1 heterocycles. The molecule has 0 saturated heterocycles. The Morgan fingerprint density at radius 1 is 1.19 bits per heavy atom. The number of aliphatic carboxylic acids is 1. The number of amides is 1. The first-order valence-electron chi connectivity index (χ1n) is 12.3. The Balaban J connectivity index is 1.87. The Hall–Kier alpha value is -2.37. The molecule has 32 heavy (non-hydrogen) atoms. The summed E-state index contributed by atoms with van der Waals surface area (Å²) in [5.41, 5.74) is 2.34. The predicted octanol–water partition coefficient (Wildman–Crippen LogP) is 5.43. The number of aromatic nitrogens is 2. The number of carbonyl (C=O) groups is 2. The van der Waals surface area contributed by atoms with Crippen molar-refractivity contribution in [3.63, 3.8) is 0 Å². The van der Waals surface area contributed by atoms with Crippen molar-refractivity contribution in [2.75, 3.05) is 0 Å². The molecule has 1 aliphatic rings. The summed E-state index contributed by atoms with van der Waals surface area (Å²) < 4.78 is 2.35. The first-order valence-corrected chi connectivity index (χ1v) is 12.3. The van der Waals surface area contributed by atoms with E-state index in [-0.39, 0.29) is 11.8 Å². The second-order valence-corrected chi connectivity index (χ2v) is 10.1. The van der Waals surface area contributed by atoms with Gasteiger partial charge in [0.1, 0.15) is 11.9 Å². The fourth-order valence-electron chi connectivity index (χ4n) is 4.71. The van der Waals surface area contributed by atoms with Gasteiger partial charge in [0.2, 0.25) is 0 Å². The Kier molecular flexibility index (Phi) is 8.32. The maximum atomic E-state index is 12.8. The van der Waals surface area contributed by atoms with E-state index in [1.165, 1.54) is 32.1 Å². The van der Waals surface area contributed by atoms with E-state index < -0.39 is 12.0 Å². The first-order chi connectivity index (χ1) is 15.3. The van der Waals surface area contributed by atoms with Gasteiger partial charge in [0, 0.05) is 18.5 Å². The van der Waals surface area contributed by atoms with Crippen molar-refractivity contribution in [3.8, 4) is 0 Å². The van der Waals surface area contributed by atoms with Gasteiger partial charge in [-0.2, -0.15) is 0 Å². The molecule has 1 aliphatic carbocycles. The zero-order valence-corrected chi connectivity index (χ0v) is 20.1. The van der Waals surface area contributed by atoms with Crippen LogP contribution in [0.1, 0.15) is 88.8 Å². The lowest BCUT2D eigenvalue weighted by Gasteiger charge is -2.22. The second-order valence-electron chi connectivity index (χ2n) is 10.1. The lowest BCUT2D eigenvalue weighted by atomic mass is 9.87. The molecule has 0 bridgehead atoms. The highest BCUT2D eigenvalue weighted by atomic mass is 16.4. The Bertz CT molecular complexity index is 928. The number of imidazole rings is 1. The average Bonchev–Trinajstić information content (AvgIpc) is 3.09. The van der Waals surface area contributed by atoms with Gasteiger partial charge in [0.25, 0.3) is 5.91 Å². The number of nitrogens with zero attached hydrogens (tertiary/aromatic N) is 2. The topological polar surface area (TPSA) is 84.2 Å². The van der Waals surface area contributed by atoms with E-state index in [1.807, 2.05) is 26.0 Å². The third-order valence-electron chi connectivity index (χ3n) is 6.79. The third kappa shape index (κ3) is 6.11. The van der Waals surface area contributed by atoms with E-state index in [2.05, 4.69) is 23.7 Å². The lowest BCUT2D eigenvalue weighted by molar-refractivity contribution is -0.139. The summed E-state index contributed by atoms with van der Waals surface area (Å²) in [4.78, 5) is 29.3. The quantitative estimate of drug-likeness (QED) is 0.514. The molecular formula is C26H39N3O3. The maximum Gasteiger partial charge on any atom is 0.326 e. The predicted molar refractivity (Wildman–Crippen MR) is 128 cm³/mol. The molecule has 6 nitrogen and oxygen atoms in total. The number of carbonyl (C=O) groups excluding carboxylic acids is 1. The molecule has 0 spiro atoms. The van der Waals surface area contributed by atoms with Crippen LogP contribution in [0.3, 0.4) is 0 Å². The molecule has 2 atom stereocenters. The van der Waals surface area contributed by atoms with Gasteiger partial charge in [-0.05, 0) is 42.4 Å². The SMILES string of the molecule is CCC(C)Cn1c(CC2CCCCC2)nc2cc(C(=O)N[C@@H](CC(C)C)C(=O)O)ccc21. The summed E-state index contributed by atoms with van der Waals surface area (Å²) in [5, 5.41) is 12.1. The van der Waals surface area contributed by atoms with E-state index in [1.54, 1.807) is 6.07 Å². The zero-order chi connectivity index (χ0) is 23.3. The van der Waals surface area contributed by atoms with Crippen molar-refractivity contribution in [3.05, 3.63) is 29.6 Å². The van der Waals surface area contributed by atoms with Crippen molar-refractivity contribution < 1.29 is 14.7 Å². The minimum Gasteiger partial charge on any atom is -0.480 e. The largest absolute Gasteiger partial charge is 0.480 e. The van der Waals surface area contributed by atoms with Crippen LogP contribution in [0.2, 0.25) is 0 Å². The van der Waals surface area contributed by atoms with E-state index in [0.717, 1.165) is 36.2 Å². The van der Waals surface area contributed by atoms with Crippen molar-refractivity contribution in [2.24, 2.45) is 17.8 Å². The number of carboxylic acid groups (broad SMARTS) is 1. The van der Waals surface area contributed by atoms with Crippen LogP contribution in [0.5, 0.6) is 0 Å². The summed E-state index contributed by atoms with van der Waals surface area (Å²) in [6.45, 7) is 9.30. The highest BCUT2D eigenvalue weighted by Crippen LogP contribution is 2.29. The van der Waals surface area contributed by atoms with Crippen LogP contribution in [0.25, 0.3) is 11.0 Å². The molecule has 0 radical (unpaired) electrons. The van der Waals surface area contributed by atoms with Crippen LogP contribution in [0.15, 0.2) is 18.2 Å². The molecule has 176 valence electrons. The smallest absolute Gasteiger partial charge is 0.326 e. The van der Waals surface area contributed by atoms with Gasteiger partial charge in [-0.3, -0.25) is 4.79 Å². The molecule has 1 amide bonds. The van der Waals surface area contributed by atoms with Crippen molar-refractivity contribution in [1.82, 2.24) is 14.9 Å². The van der Waals surface area contributed by atoms with Gasteiger partial charge in [0.05, 0.1) is 11.0 Å². The molecule has 0 aliphatic heterocycles. The lowest BCUT2D eigenvalue weighted by Crippen LogP contribution is -2.41. The Morgan fingerprint density at radius 2 is 1.91 bits per heavy atom. The maximum absolute atomic E-state index is 12.8. The number of carboxylic acids is 1. The van der Waals surface area contributed by atoms with E-state index >= 15 is 0 Å². The van der Waals surface area contributed by atoms with Crippen LogP contribution in [0.4, 0.5) is 0 Å². The highest BCUT2D eigenvalue weighted by molar-refractivity contribution is 5.99. The van der Waals surface area contributed by atoms with E-state index in [0.29, 0.717) is 23.8 Å². The standard InChI is InChI=1S/C26H39N3O3/c1-5-18(4)16-29-23-12-11-20(25(30)28-22(26(31)32)13-17(2)3)15-21(23)27-24(29)14-19-9-7-6-8-10-19/h11-12,15,17-19,22H,5-10,13-14,16H2,1-4H3,(H,28,30)(H,31,32)/t18?,22-/m0/s1. The number of benzene rings is 1. The summed E-state index contributed by atoms with van der Waals surface area (Å²) in [6.07, 6.45) is 8.99. The zero-order valence-electron chi connectivity index (χ0n) is 20.1. The molecule has 1 unspecified atom stereocenters. The number of hydrogen-bond acceptors (Lipinski definition) is 3. The highest BCUT2D eigenvalue weighted by Gasteiger charge is 2.23. The van der Waals surface area contributed by atoms with Gasteiger partial charge in [0.15, 0.2) is 0 Å². The normalized spacial score (nSPS) is 16.9. The monoisotopic (exact) mass is 441 g/mol. The van der Waals surface area contributed by atoms with E-state index in [9.17, 15) is 14.7 Å². The molecule has 2 aromatic rings. The van der Waals surface area contributed by atoms with Crippen molar-refractivity contribution in [1.29, 1.82) is 0 Å². The summed E-state index contributed by atoms with van der Waals surface area (Å²) >= 11 is 0. The van der Waals surface area contributed by atoms with Gasteiger partial charge < -0.3 is 15.0 Å². The summed E-state index contributed by atoms with van der Waals surface area (Å²) in [6, 6.07) is 4.70. The van der Waals surface area contributed by atoms with Gasteiger partial charge in [-0.25, -0.2) is 9.78 Å². The van der Waals surface area contributed by atoms with Crippen LogP contribution in [-0.2, 0) is 17.8 Å². The minimum absolute atomic E-state index is 0.178. The molecule has 1 fully saturated rings.